The van der Waals surface area contributed by atoms with Gasteiger partial charge in [0.2, 0.25) is 17.8 Å². The molecule has 1 saturated heterocycles. The second kappa shape index (κ2) is 19.1. The van der Waals surface area contributed by atoms with Crippen LogP contribution in [0.1, 0.15) is 121 Å². The van der Waals surface area contributed by atoms with Gasteiger partial charge in [0.25, 0.3) is 5.91 Å². The molecule has 2 atom stereocenters. The zero-order valence-corrected chi connectivity index (χ0v) is 34.0. The number of nitrogens with zero attached hydrogens (tertiary/aromatic N) is 5. The van der Waals surface area contributed by atoms with Gasteiger partial charge in [-0.05, 0) is 101 Å². The van der Waals surface area contributed by atoms with Crippen molar-refractivity contribution >= 4 is 46.8 Å². The molecule has 0 bridgehead atoms. The van der Waals surface area contributed by atoms with E-state index in [4.69, 9.17) is 14.5 Å². The van der Waals surface area contributed by atoms with Crippen molar-refractivity contribution in [1.82, 2.24) is 25.5 Å². The third-order valence-electron chi connectivity index (χ3n) is 11.8. The molecule has 4 aliphatic rings. The van der Waals surface area contributed by atoms with Crippen LogP contribution in [0.2, 0.25) is 0 Å². The number of hydrogen-bond acceptors (Lipinski definition) is 11. The van der Waals surface area contributed by atoms with Gasteiger partial charge in [0, 0.05) is 44.2 Å². The molecule has 3 heterocycles. The monoisotopic (exact) mass is 774 g/mol. The van der Waals surface area contributed by atoms with E-state index in [1.54, 1.807) is 43.5 Å². The van der Waals surface area contributed by atoms with Gasteiger partial charge in [0.05, 0.1) is 19.0 Å². The summed E-state index contributed by atoms with van der Waals surface area (Å²) in [6, 6.07) is 4.74. The van der Waals surface area contributed by atoms with Crippen LogP contribution in [-0.2, 0) is 19.1 Å². The Morgan fingerprint density at radius 2 is 1.71 bits per heavy atom. The Balaban J connectivity index is 0.976. The molecule has 3 fully saturated rings. The van der Waals surface area contributed by atoms with E-state index in [0.717, 1.165) is 89.7 Å². The number of rotatable bonds is 16. The fourth-order valence-corrected chi connectivity index (χ4v) is 8.74. The second-order valence-corrected chi connectivity index (χ2v) is 16.4. The highest BCUT2D eigenvalue weighted by atomic mass is 16.5. The summed E-state index contributed by atoms with van der Waals surface area (Å²) in [6.45, 7) is 8.56. The maximum atomic E-state index is 13.4. The summed E-state index contributed by atoms with van der Waals surface area (Å²) in [4.78, 5) is 68.0. The van der Waals surface area contributed by atoms with E-state index in [2.05, 4.69) is 30.7 Å². The molecular weight excluding hydrogens is 713 g/mol. The maximum Gasteiger partial charge on any atom is 0.328 e. The lowest BCUT2D eigenvalue weighted by molar-refractivity contribution is -0.153. The number of amides is 3. The minimum absolute atomic E-state index is 0.0189. The number of methoxy groups -OCH3 is 1. The lowest BCUT2D eigenvalue weighted by Gasteiger charge is -2.43. The van der Waals surface area contributed by atoms with E-state index in [1.165, 1.54) is 0 Å². The number of hydrogen-bond donors (Lipinski definition) is 3. The zero-order valence-electron chi connectivity index (χ0n) is 34.0. The van der Waals surface area contributed by atoms with Crippen LogP contribution in [0.15, 0.2) is 24.4 Å². The van der Waals surface area contributed by atoms with Crippen molar-refractivity contribution in [2.45, 2.75) is 141 Å². The summed E-state index contributed by atoms with van der Waals surface area (Å²) in [7, 11) is 3.36. The maximum absolute atomic E-state index is 13.4. The van der Waals surface area contributed by atoms with Gasteiger partial charge in [0.1, 0.15) is 29.6 Å². The molecule has 3 amide bonds. The van der Waals surface area contributed by atoms with Gasteiger partial charge in [-0.1, -0.05) is 33.6 Å². The first-order valence-electron chi connectivity index (χ1n) is 21.0. The van der Waals surface area contributed by atoms with Gasteiger partial charge in [0.15, 0.2) is 5.82 Å². The highest BCUT2D eigenvalue weighted by Gasteiger charge is 2.41. The number of carbonyl (C=O) groups excluding carboxylic acids is 4. The predicted molar refractivity (Wildman–Crippen MR) is 216 cm³/mol. The number of likely N-dealkylation sites (tertiary alicyclic amines) is 1. The summed E-state index contributed by atoms with van der Waals surface area (Å²) in [5.41, 5.74) is 1.83. The van der Waals surface area contributed by atoms with Crippen molar-refractivity contribution < 1.29 is 28.7 Å². The second-order valence-electron chi connectivity index (χ2n) is 16.4. The Kier molecular flexibility index (Phi) is 14.1. The first-order chi connectivity index (χ1) is 27.0. The van der Waals surface area contributed by atoms with E-state index in [-0.39, 0.29) is 53.8 Å². The average molecular weight is 775 g/mol. The highest BCUT2D eigenvalue weighted by Crippen LogP contribution is 2.40. The van der Waals surface area contributed by atoms with Crippen LogP contribution in [0.3, 0.4) is 0 Å². The van der Waals surface area contributed by atoms with Gasteiger partial charge in [-0.2, -0.15) is 4.98 Å². The molecular formula is C42H62N8O6. The van der Waals surface area contributed by atoms with Crippen LogP contribution < -0.4 is 30.5 Å². The van der Waals surface area contributed by atoms with Gasteiger partial charge in [-0.3, -0.25) is 14.4 Å². The molecule has 1 aromatic heterocycles. The van der Waals surface area contributed by atoms with E-state index >= 15 is 0 Å². The van der Waals surface area contributed by atoms with E-state index in [0.29, 0.717) is 54.3 Å². The van der Waals surface area contributed by atoms with E-state index < -0.39 is 6.04 Å². The van der Waals surface area contributed by atoms with Gasteiger partial charge in [-0.15, -0.1) is 0 Å². The average Bonchev–Trinajstić information content (AvgIpc) is 3.92. The number of nitrogens with one attached hydrogen (secondary N) is 3. The van der Waals surface area contributed by atoms with E-state index in [1.807, 2.05) is 20.8 Å². The molecule has 0 spiro atoms. The Morgan fingerprint density at radius 1 is 1.00 bits per heavy atom. The van der Waals surface area contributed by atoms with Crippen LogP contribution in [0.25, 0.3) is 0 Å². The number of piperidine rings is 1. The number of anilines is 4. The van der Waals surface area contributed by atoms with E-state index in [9.17, 15) is 19.2 Å². The Hall–Kier alpha value is -4.46. The summed E-state index contributed by atoms with van der Waals surface area (Å²) < 4.78 is 11.4. The molecule has 2 aromatic rings. The molecule has 0 radical (unpaired) electrons. The van der Waals surface area contributed by atoms with Crippen molar-refractivity contribution in [3.05, 3.63) is 30.0 Å². The largest absolute Gasteiger partial charge is 0.495 e. The molecule has 14 heteroatoms. The molecule has 306 valence electrons. The molecule has 2 saturated carbocycles. The molecule has 3 N–H and O–H groups in total. The number of benzene rings is 1. The molecule has 2 aliphatic heterocycles. The summed E-state index contributed by atoms with van der Waals surface area (Å²) >= 11 is 0. The molecule has 56 heavy (non-hydrogen) atoms. The number of ether oxygens (including phenoxy) is 2. The quantitative estimate of drug-likeness (QED) is 0.179. The number of esters is 1. The smallest absolute Gasteiger partial charge is 0.328 e. The number of fused-ring (bicyclic) bond motifs is 1. The van der Waals surface area contributed by atoms with Crippen LogP contribution in [0.5, 0.6) is 5.75 Å². The SMILES string of the molecule is CC[C@@H]1C(=O)N(C)c2cnc(Nc3ccc(C(=O)NC4CCN(CCCC(=O)N[C@H](CC(C)C)C(=O)OC5CCCC5)CC4)cc3OC)nc2N1C1CCCC1. The van der Waals surface area contributed by atoms with Crippen molar-refractivity contribution in [2.24, 2.45) is 5.92 Å². The topological polar surface area (TPSA) is 158 Å². The van der Waals surface area contributed by atoms with Gasteiger partial charge >= 0.3 is 5.97 Å². The zero-order chi connectivity index (χ0) is 39.8. The minimum Gasteiger partial charge on any atom is -0.495 e. The third-order valence-corrected chi connectivity index (χ3v) is 11.8. The number of likely N-dealkylation sites (N-methyl/N-ethyl adjacent to an activating group) is 1. The summed E-state index contributed by atoms with van der Waals surface area (Å²) in [5.74, 6) is 1.39. The van der Waals surface area contributed by atoms with Crippen molar-refractivity contribution in [2.75, 3.05) is 48.9 Å². The Bertz CT molecular complexity index is 1680. The predicted octanol–water partition coefficient (Wildman–Crippen LogP) is 5.72. The normalized spacial score (nSPS) is 20.2. The van der Waals surface area contributed by atoms with Crippen LogP contribution in [-0.4, -0.2) is 103 Å². The fraction of sp³-hybridized carbons (Fsp3) is 0.667. The standard InChI is InChI=1S/C42H62N8O6/c1-6-34-40(53)48(4)35-26-43-42(47-38(35)50(34)30-12-7-8-13-30)46-32-18-17-28(25-36(32)55-5)39(52)44-29-19-22-49(23-20-29)21-11-16-37(51)45-33(24-27(2)3)41(54)56-31-14-9-10-15-31/h17-18,25-27,29-31,33-34H,6-16,19-24H2,1-5H3,(H,44,52)(H,45,51)(H,43,46,47)/t33-,34-/m1/s1. The minimum atomic E-state index is -0.601. The van der Waals surface area contributed by atoms with Crippen molar-refractivity contribution in [1.29, 1.82) is 0 Å². The third kappa shape index (κ3) is 10.1. The van der Waals surface area contributed by atoms with Gasteiger partial charge in [-0.25, -0.2) is 9.78 Å². The van der Waals surface area contributed by atoms with Crippen LogP contribution in [0, 0.1) is 5.92 Å². The lowest BCUT2D eigenvalue weighted by atomic mass is 10.0. The van der Waals surface area contributed by atoms with Crippen LogP contribution in [0.4, 0.5) is 23.1 Å². The molecule has 2 aliphatic carbocycles. The lowest BCUT2D eigenvalue weighted by Crippen LogP contribution is -2.55. The Morgan fingerprint density at radius 3 is 2.39 bits per heavy atom. The van der Waals surface area contributed by atoms with Crippen molar-refractivity contribution in [3.63, 3.8) is 0 Å². The molecule has 0 unspecified atom stereocenters. The first-order valence-corrected chi connectivity index (χ1v) is 21.0. The highest BCUT2D eigenvalue weighted by molar-refractivity contribution is 6.04. The van der Waals surface area contributed by atoms with Gasteiger partial charge < -0.3 is 40.1 Å². The number of aromatic nitrogens is 2. The summed E-state index contributed by atoms with van der Waals surface area (Å²) in [6.07, 6.45) is 14.0. The fourth-order valence-electron chi connectivity index (χ4n) is 8.74. The number of carbonyl (C=O) groups is 4. The Labute approximate surface area is 331 Å². The van der Waals surface area contributed by atoms with Crippen LogP contribution >= 0.6 is 0 Å². The molecule has 14 nitrogen and oxygen atoms in total. The molecule has 6 rings (SSSR count). The first kappa shape index (κ1) is 41.2. The summed E-state index contributed by atoms with van der Waals surface area (Å²) in [5, 5.41) is 9.43. The molecule has 1 aromatic carbocycles. The van der Waals surface area contributed by atoms with Crippen molar-refractivity contribution in [3.8, 4) is 5.75 Å².